The molecule has 32 heavy (non-hydrogen) atoms. The Balaban J connectivity index is 1.79. The number of carbonyl (C=O) groups excluding carboxylic acids is 2. The number of rotatable bonds is 7. The number of nitro groups is 2. The van der Waals surface area contributed by atoms with Gasteiger partial charge in [0.05, 0.1) is 35.3 Å². The summed E-state index contributed by atoms with van der Waals surface area (Å²) in [4.78, 5) is 45.2. The number of non-ortho nitro benzene ring substituents is 1. The Labute approximate surface area is 185 Å². The first kappa shape index (κ1) is 22.6. The highest BCUT2D eigenvalue weighted by molar-refractivity contribution is 6.30. The Morgan fingerprint density at radius 3 is 2.47 bits per heavy atom. The van der Waals surface area contributed by atoms with Gasteiger partial charge in [-0.25, -0.2) is 0 Å². The van der Waals surface area contributed by atoms with Crippen molar-refractivity contribution in [2.24, 2.45) is 11.0 Å². The summed E-state index contributed by atoms with van der Waals surface area (Å²) in [6, 6.07) is 9.52. The first-order chi connectivity index (χ1) is 15.2. The minimum absolute atomic E-state index is 0.0560. The van der Waals surface area contributed by atoms with Crippen molar-refractivity contribution in [1.29, 1.82) is 0 Å². The zero-order valence-electron chi connectivity index (χ0n) is 16.6. The van der Waals surface area contributed by atoms with Gasteiger partial charge in [-0.2, -0.15) is 5.10 Å². The zero-order chi connectivity index (χ0) is 23.4. The van der Waals surface area contributed by atoms with E-state index in [-0.39, 0.29) is 18.8 Å². The number of nitro benzene ring substituents is 2. The lowest BCUT2D eigenvalue weighted by Gasteiger charge is -2.15. The number of nitrogens with one attached hydrogen (secondary N) is 1. The molecule has 1 atom stereocenters. The highest BCUT2D eigenvalue weighted by Gasteiger charge is 2.35. The smallest absolute Gasteiger partial charge is 0.316 e. The molecule has 2 aromatic rings. The van der Waals surface area contributed by atoms with Gasteiger partial charge in [0.2, 0.25) is 5.91 Å². The minimum atomic E-state index is -0.831. The van der Waals surface area contributed by atoms with E-state index in [1.807, 2.05) is 0 Å². The summed E-state index contributed by atoms with van der Waals surface area (Å²) < 4.78 is 4.83. The van der Waals surface area contributed by atoms with Crippen LogP contribution in [0, 0.1) is 26.1 Å². The molecule has 0 radical (unpaired) electrons. The largest absolute Gasteiger partial charge is 0.468 e. The van der Waals surface area contributed by atoms with Gasteiger partial charge in [-0.05, 0) is 23.8 Å². The number of benzene rings is 2. The standard InChI is InChI=1S/C19H16ClN5O7/c1-32-19(27)14-9-23(22-18(14)11-2-4-12(20)5-3-11)10-17(26)21-15-7-6-13(24(28)29)8-16(15)25(30)31/h2-8,14H,9-10H2,1H3,(H,21,26). The van der Waals surface area contributed by atoms with Crippen molar-refractivity contribution in [1.82, 2.24) is 5.01 Å². The molecule has 0 aliphatic carbocycles. The summed E-state index contributed by atoms with van der Waals surface area (Å²) in [7, 11) is 1.24. The summed E-state index contributed by atoms with van der Waals surface area (Å²) >= 11 is 5.90. The van der Waals surface area contributed by atoms with E-state index < -0.39 is 39.0 Å². The molecule has 1 heterocycles. The van der Waals surface area contributed by atoms with E-state index in [0.29, 0.717) is 16.3 Å². The van der Waals surface area contributed by atoms with E-state index in [0.717, 1.165) is 18.2 Å². The summed E-state index contributed by atoms with van der Waals surface area (Å²) in [5.74, 6) is -1.94. The molecule has 0 aromatic heterocycles. The van der Waals surface area contributed by atoms with Crippen LogP contribution in [0.1, 0.15) is 5.56 Å². The number of hydrogen-bond donors (Lipinski definition) is 1. The highest BCUT2D eigenvalue weighted by atomic mass is 35.5. The minimum Gasteiger partial charge on any atom is -0.468 e. The third-order valence-corrected chi connectivity index (χ3v) is 4.84. The molecule has 2 aromatic carbocycles. The summed E-state index contributed by atoms with van der Waals surface area (Å²) in [6.07, 6.45) is 0. The third-order valence-electron chi connectivity index (χ3n) is 4.59. The van der Waals surface area contributed by atoms with Crippen molar-refractivity contribution in [2.45, 2.75) is 0 Å². The number of carbonyl (C=O) groups is 2. The van der Waals surface area contributed by atoms with Crippen LogP contribution in [0.3, 0.4) is 0 Å². The lowest BCUT2D eigenvalue weighted by atomic mass is 9.98. The van der Waals surface area contributed by atoms with E-state index in [1.54, 1.807) is 24.3 Å². The van der Waals surface area contributed by atoms with Gasteiger partial charge in [-0.1, -0.05) is 23.7 Å². The van der Waals surface area contributed by atoms with Crippen LogP contribution in [0.4, 0.5) is 17.1 Å². The number of nitrogens with zero attached hydrogens (tertiary/aromatic N) is 4. The van der Waals surface area contributed by atoms with E-state index in [4.69, 9.17) is 16.3 Å². The molecule has 166 valence electrons. The molecular weight excluding hydrogens is 446 g/mol. The van der Waals surface area contributed by atoms with Gasteiger partial charge in [0.25, 0.3) is 11.4 Å². The Hall–Kier alpha value is -4.06. The number of halogens is 1. The maximum Gasteiger partial charge on any atom is 0.316 e. The molecule has 1 amide bonds. The van der Waals surface area contributed by atoms with Gasteiger partial charge in [0.15, 0.2) is 0 Å². The van der Waals surface area contributed by atoms with Gasteiger partial charge >= 0.3 is 5.97 Å². The van der Waals surface area contributed by atoms with Crippen molar-refractivity contribution in [3.8, 4) is 0 Å². The quantitative estimate of drug-likeness (QED) is 0.374. The van der Waals surface area contributed by atoms with Crippen molar-refractivity contribution >= 4 is 46.3 Å². The number of hydrazone groups is 1. The van der Waals surface area contributed by atoms with Gasteiger partial charge in [-0.3, -0.25) is 34.8 Å². The molecule has 1 unspecified atom stereocenters. The number of amides is 1. The topological polar surface area (TPSA) is 157 Å². The fraction of sp³-hybridized carbons (Fsp3) is 0.211. The maximum absolute atomic E-state index is 12.5. The summed E-state index contributed by atoms with van der Waals surface area (Å²) in [5, 5.41) is 30.6. The first-order valence-electron chi connectivity index (χ1n) is 9.09. The van der Waals surface area contributed by atoms with Gasteiger partial charge < -0.3 is 10.1 Å². The predicted molar refractivity (Wildman–Crippen MR) is 113 cm³/mol. The van der Waals surface area contributed by atoms with Crippen LogP contribution in [0.15, 0.2) is 47.6 Å². The normalized spacial score (nSPS) is 15.1. The average Bonchev–Trinajstić information content (AvgIpc) is 3.17. The Kier molecular flexibility index (Phi) is 6.64. The second kappa shape index (κ2) is 9.39. The van der Waals surface area contributed by atoms with Crippen LogP contribution in [-0.2, 0) is 14.3 Å². The lowest BCUT2D eigenvalue weighted by Crippen LogP contribution is -2.32. The fourth-order valence-electron chi connectivity index (χ4n) is 3.11. The van der Waals surface area contributed by atoms with Gasteiger partial charge in [0, 0.05) is 11.1 Å². The molecular formula is C19H16ClN5O7. The van der Waals surface area contributed by atoms with E-state index in [2.05, 4.69) is 10.4 Å². The molecule has 0 bridgehead atoms. The number of anilines is 1. The molecule has 0 saturated carbocycles. The monoisotopic (exact) mass is 461 g/mol. The fourth-order valence-corrected chi connectivity index (χ4v) is 3.24. The van der Waals surface area contributed by atoms with Gasteiger partial charge in [0.1, 0.15) is 18.2 Å². The number of hydrogen-bond acceptors (Lipinski definition) is 9. The molecule has 0 fully saturated rings. The van der Waals surface area contributed by atoms with Crippen LogP contribution in [0.5, 0.6) is 0 Å². The van der Waals surface area contributed by atoms with Crippen LogP contribution >= 0.6 is 11.6 Å². The Morgan fingerprint density at radius 1 is 1.19 bits per heavy atom. The molecule has 1 aliphatic rings. The second-order valence-electron chi connectivity index (χ2n) is 6.68. The van der Waals surface area contributed by atoms with Gasteiger partial charge in [-0.15, -0.1) is 0 Å². The Morgan fingerprint density at radius 2 is 1.88 bits per heavy atom. The molecule has 0 spiro atoms. The lowest BCUT2D eigenvalue weighted by molar-refractivity contribution is -0.393. The van der Waals surface area contributed by atoms with Crippen LogP contribution < -0.4 is 5.32 Å². The van der Waals surface area contributed by atoms with Crippen molar-refractivity contribution < 1.29 is 24.2 Å². The van der Waals surface area contributed by atoms with Crippen molar-refractivity contribution in [3.63, 3.8) is 0 Å². The third kappa shape index (κ3) is 4.98. The second-order valence-corrected chi connectivity index (χ2v) is 7.12. The van der Waals surface area contributed by atoms with E-state index in [9.17, 15) is 29.8 Å². The summed E-state index contributed by atoms with van der Waals surface area (Å²) in [5.41, 5.74) is -0.281. The molecule has 0 saturated heterocycles. The number of ether oxygens (including phenoxy) is 1. The molecule has 3 rings (SSSR count). The maximum atomic E-state index is 12.5. The van der Waals surface area contributed by atoms with Crippen LogP contribution in [-0.4, -0.2) is 52.6 Å². The van der Waals surface area contributed by atoms with Crippen LogP contribution in [0.25, 0.3) is 0 Å². The molecule has 13 heteroatoms. The molecule has 1 aliphatic heterocycles. The van der Waals surface area contributed by atoms with E-state index in [1.165, 1.54) is 12.1 Å². The highest BCUT2D eigenvalue weighted by Crippen LogP contribution is 2.29. The predicted octanol–water partition coefficient (Wildman–Crippen LogP) is 2.60. The molecule has 1 N–H and O–H groups in total. The van der Waals surface area contributed by atoms with Crippen molar-refractivity contribution in [2.75, 3.05) is 25.5 Å². The summed E-state index contributed by atoms with van der Waals surface area (Å²) in [6.45, 7) is -0.265. The molecule has 12 nitrogen and oxygen atoms in total. The zero-order valence-corrected chi connectivity index (χ0v) is 17.3. The number of esters is 1. The first-order valence-corrected chi connectivity index (χ1v) is 9.47. The SMILES string of the molecule is COC(=O)C1CN(CC(=O)Nc2ccc([N+](=O)[O-])cc2[N+](=O)[O-])N=C1c1ccc(Cl)cc1. The average molecular weight is 462 g/mol. The number of methoxy groups -OCH3 is 1. The van der Waals surface area contributed by atoms with Crippen LogP contribution in [0.2, 0.25) is 5.02 Å². The van der Waals surface area contributed by atoms with E-state index >= 15 is 0 Å². The van der Waals surface area contributed by atoms with Crippen molar-refractivity contribution in [3.05, 3.63) is 73.3 Å². The Bertz CT molecular complexity index is 1120.